The summed E-state index contributed by atoms with van der Waals surface area (Å²) in [6.45, 7) is 8.87. The molecule has 2 saturated heterocycles. The summed E-state index contributed by atoms with van der Waals surface area (Å²) in [4.78, 5) is 71.9. The summed E-state index contributed by atoms with van der Waals surface area (Å²) in [5.74, 6) is -1.06. The van der Waals surface area contributed by atoms with Crippen molar-refractivity contribution < 1.29 is 28.4 Å². The first-order chi connectivity index (χ1) is 28.9. The lowest BCUT2D eigenvalue weighted by Gasteiger charge is -2.44. The molecule has 0 aromatic heterocycles. The number of hydrogen-bond donors (Lipinski definition) is 3. The second-order valence-corrected chi connectivity index (χ2v) is 22.5. The van der Waals surface area contributed by atoms with E-state index in [0.717, 1.165) is 48.0 Å². The van der Waals surface area contributed by atoms with Crippen molar-refractivity contribution in [3.63, 3.8) is 0 Å². The highest BCUT2D eigenvalue weighted by Crippen LogP contribution is 2.38. The Morgan fingerprint density at radius 1 is 0.700 bits per heavy atom. The minimum absolute atomic E-state index is 0.0353. The van der Waals surface area contributed by atoms with Gasteiger partial charge in [0, 0.05) is 19.4 Å². The van der Waals surface area contributed by atoms with Crippen LogP contribution in [0.25, 0.3) is 0 Å². The third-order valence-corrected chi connectivity index (χ3v) is 18.0. The average molecular weight is 835 g/mol. The van der Waals surface area contributed by atoms with Crippen molar-refractivity contribution in [2.75, 3.05) is 6.54 Å². The summed E-state index contributed by atoms with van der Waals surface area (Å²) in [6.07, 6.45) is 9.13. The van der Waals surface area contributed by atoms with E-state index in [-0.39, 0.29) is 40.9 Å². The molecule has 0 bridgehead atoms. The molecule has 10 nitrogen and oxygen atoms in total. The molecule has 3 aromatic carbocycles. The van der Waals surface area contributed by atoms with E-state index in [0.29, 0.717) is 57.9 Å². The zero-order valence-electron chi connectivity index (χ0n) is 36.1. The van der Waals surface area contributed by atoms with Crippen LogP contribution < -0.4 is 26.3 Å². The molecule has 0 unspecified atom stereocenters. The summed E-state index contributed by atoms with van der Waals surface area (Å²) in [6, 6.07) is 26.9. The molecule has 5 atom stereocenters. The number of unbranched alkanes of at least 4 members (excludes halogenated alkanes) is 2. The van der Waals surface area contributed by atoms with Gasteiger partial charge in [0.25, 0.3) is 8.32 Å². The maximum atomic E-state index is 14.2. The van der Waals surface area contributed by atoms with Crippen molar-refractivity contribution in [1.82, 2.24) is 20.9 Å². The normalized spacial score (nSPS) is 22.8. The van der Waals surface area contributed by atoms with E-state index < -0.39 is 44.5 Å². The van der Waals surface area contributed by atoms with Crippen LogP contribution >= 0.6 is 0 Å². The zero-order valence-corrected chi connectivity index (χ0v) is 37.1. The number of nitrogens with one attached hydrogen (secondary N) is 3. The molecule has 60 heavy (non-hydrogen) atoms. The Kier molecular flexibility index (Phi) is 15.6. The third-order valence-electron chi connectivity index (χ3n) is 12.9. The van der Waals surface area contributed by atoms with Gasteiger partial charge in [-0.25, -0.2) is 0 Å². The fraction of sp³-hybridized carbons (Fsp3) is 0.531. The summed E-state index contributed by atoms with van der Waals surface area (Å²) in [5.41, 5.74) is 0.902. The topological polar surface area (TPSA) is 134 Å². The molecule has 3 aliphatic rings. The van der Waals surface area contributed by atoms with Crippen LogP contribution in [0.4, 0.5) is 0 Å². The van der Waals surface area contributed by atoms with Gasteiger partial charge in [0.05, 0.1) is 0 Å². The largest absolute Gasteiger partial charge is 0.398 e. The number of nitrogens with zero attached hydrogens (tertiary/aromatic N) is 1. The summed E-state index contributed by atoms with van der Waals surface area (Å²) < 4.78 is 7.06. The van der Waals surface area contributed by atoms with Crippen molar-refractivity contribution in [2.24, 2.45) is 5.92 Å². The molecular formula is C49H66N4O6Si. The molecule has 3 N–H and O–H groups in total. The summed E-state index contributed by atoms with van der Waals surface area (Å²) in [7, 11) is -2.91. The van der Waals surface area contributed by atoms with Crippen molar-refractivity contribution in [3.05, 3.63) is 96.6 Å². The van der Waals surface area contributed by atoms with Gasteiger partial charge in [-0.15, -0.1) is 0 Å². The molecule has 4 amide bonds. The second-order valence-electron chi connectivity index (χ2n) is 18.3. The predicted molar refractivity (Wildman–Crippen MR) is 238 cm³/mol. The summed E-state index contributed by atoms with van der Waals surface area (Å²) in [5, 5.41) is 11.1. The quantitative estimate of drug-likeness (QED) is 0.125. The zero-order chi connectivity index (χ0) is 42.7. The van der Waals surface area contributed by atoms with Crippen molar-refractivity contribution in [3.8, 4) is 0 Å². The summed E-state index contributed by atoms with van der Waals surface area (Å²) >= 11 is 0. The van der Waals surface area contributed by atoms with Crippen LogP contribution in [0.15, 0.2) is 91.0 Å². The molecule has 6 rings (SSSR count). The van der Waals surface area contributed by atoms with Crippen LogP contribution in [0.2, 0.25) is 5.04 Å². The van der Waals surface area contributed by atoms with E-state index in [9.17, 15) is 24.0 Å². The molecule has 2 aliphatic heterocycles. The van der Waals surface area contributed by atoms with Gasteiger partial charge in [-0.05, 0) is 65.9 Å². The lowest BCUT2D eigenvalue weighted by molar-refractivity contribution is -0.143. The number of carbonyl (C=O) groups is 5. The van der Waals surface area contributed by atoms with Crippen LogP contribution in [0.3, 0.4) is 0 Å². The molecule has 2 heterocycles. The van der Waals surface area contributed by atoms with E-state index in [1.807, 2.05) is 73.7 Å². The fourth-order valence-corrected chi connectivity index (χ4v) is 14.3. The van der Waals surface area contributed by atoms with Crippen LogP contribution in [-0.4, -0.2) is 79.4 Å². The van der Waals surface area contributed by atoms with Crippen molar-refractivity contribution in [1.29, 1.82) is 0 Å². The van der Waals surface area contributed by atoms with Crippen LogP contribution in [0, 0.1) is 5.92 Å². The highest BCUT2D eigenvalue weighted by atomic mass is 28.4. The fourth-order valence-electron chi connectivity index (χ4n) is 9.67. The van der Waals surface area contributed by atoms with E-state index in [4.69, 9.17) is 4.43 Å². The number of rotatable bonds is 15. The Bertz CT molecular complexity index is 1860. The van der Waals surface area contributed by atoms with Crippen LogP contribution in [0.1, 0.15) is 117 Å². The average Bonchev–Trinajstić information content (AvgIpc) is 3.75. The van der Waals surface area contributed by atoms with Crippen molar-refractivity contribution >= 4 is 48.1 Å². The second kappa shape index (κ2) is 20.8. The van der Waals surface area contributed by atoms with E-state index in [2.05, 4.69) is 61.0 Å². The van der Waals surface area contributed by atoms with E-state index in [1.165, 1.54) is 0 Å². The molecule has 3 aromatic rings. The smallest absolute Gasteiger partial charge is 0.262 e. The number of hydrogen-bond acceptors (Lipinski definition) is 6. The van der Waals surface area contributed by atoms with Gasteiger partial charge in [-0.2, -0.15) is 0 Å². The molecule has 322 valence electrons. The highest BCUT2D eigenvalue weighted by Gasteiger charge is 2.51. The third kappa shape index (κ3) is 11.0. The number of carbonyl (C=O) groups excluding carboxylic acids is 5. The number of Topliss-reactive ketones (excluding diaryl/α,β-unsaturated/α-hetero) is 1. The Labute approximate surface area is 358 Å². The number of ketones is 1. The monoisotopic (exact) mass is 834 g/mol. The number of amides is 4. The number of fused-ring (bicyclic) bond motifs is 1. The Morgan fingerprint density at radius 3 is 1.88 bits per heavy atom. The Hall–Kier alpha value is -4.61. The molecule has 0 radical (unpaired) electrons. The predicted octanol–water partition coefficient (Wildman–Crippen LogP) is 6.14. The molecular weight excluding hydrogens is 769 g/mol. The molecule has 11 heteroatoms. The minimum Gasteiger partial charge on any atom is -0.398 e. The van der Waals surface area contributed by atoms with Gasteiger partial charge in [-0.1, -0.05) is 157 Å². The van der Waals surface area contributed by atoms with Gasteiger partial charge in [0.15, 0.2) is 5.78 Å². The maximum absolute atomic E-state index is 14.2. The van der Waals surface area contributed by atoms with Crippen molar-refractivity contribution in [2.45, 2.75) is 153 Å². The van der Waals surface area contributed by atoms with Gasteiger partial charge < -0.3 is 25.3 Å². The first-order valence-corrected chi connectivity index (χ1v) is 24.4. The van der Waals surface area contributed by atoms with Crippen LogP contribution in [0.5, 0.6) is 0 Å². The van der Waals surface area contributed by atoms with Gasteiger partial charge >= 0.3 is 0 Å². The first-order valence-electron chi connectivity index (χ1n) is 22.4. The van der Waals surface area contributed by atoms with Gasteiger partial charge in [0.2, 0.25) is 23.6 Å². The molecule has 1 saturated carbocycles. The Balaban J connectivity index is 1.13. The first kappa shape index (κ1) is 44.9. The van der Waals surface area contributed by atoms with Gasteiger partial charge in [0.1, 0.15) is 30.3 Å². The van der Waals surface area contributed by atoms with Crippen LogP contribution in [-0.2, 0) is 34.8 Å². The van der Waals surface area contributed by atoms with Gasteiger partial charge in [-0.3, -0.25) is 24.0 Å². The minimum atomic E-state index is -2.91. The SMILES string of the molecule is C[C@H](O[Si](c1ccccc1)(c1ccccc1)C(C)(C)C)C(=O)CCCCC[C@@H]1NC(=O)[C@H]2CCCN2C(=O)[C@H](Cc2ccccc2)NC(=O)[C@@H](CC2CCCCC2)NC1=O. The maximum Gasteiger partial charge on any atom is 0.262 e. The molecule has 0 spiro atoms. The lowest BCUT2D eigenvalue weighted by atomic mass is 9.84. The molecule has 3 fully saturated rings. The Morgan fingerprint density at radius 2 is 1.27 bits per heavy atom. The standard InChI is InChI=1S/C49H66N4O6Si/c1-35(59-60(49(2,3)4,38-25-14-7-15-26-38)39-27-16-8-17-28-39)44(54)31-19-9-18-29-40-45(55)51-41(33-36-21-10-5-11-22-36)46(56)52-42(34-37-23-12-6-13-24-37)48(58)53-32-20-30-43(53)47(57)50-40/h6-8,12-17,23-28,35-36,40-43H,5,9-11,18-22,29-34H2,1-4H3,(H,50,57)(H,51,55)(H,52,56)/t35-,40-,41+,42-,43+/m0/s1. The number of benzene rings is 3. The molecule has 1 aliphatic carbocycles. The van der Waals surface area contributed by atoms with E-state index in [1.54, 1.807) is 4.90 Å². The highest BCUT2D eigenvalue weighted by molar-refractivity contribution is 6.99. The lowest BCUT2D eigenvalue weighted by Crippen LogP contribution is -2.68. The van der Waals surface area contributed by atoms with E-state index >= 15 is 0 Å².